The predicted molar refractivity (Wildman–Crippen MR) is 231 cm³/mol. The van der Waals surface area contributed by atoms with Crippen molar-refractivity contribution in [3.8, 4) is 22.3 Å². The van der Waals surface area contributed by atoms with Crippen molar-refractivity contribution in [1.29, 1.82) is 0 Å². The second kappa shape index (κ2) is 12.0. The summed E-state index contributed by atoms with van der Waals surface area (Å²) in [6, 6.07) is 65.9. The molecule has 0 saturated heterocycles. The van der Waals surface area contributed by atoms with E-state index in [9.17, 15) is 0 Å². The smallest absolute Gasteiger partial charge is 0.159 e. The SMILES string of the molecule is c1ccc(-c2ccccc2N(c2ccc3oc4c(-c5ccc6ccccc6c5)c5c(cc4c3c2)oc2ccccc25)c2cccc3c2oc2ccccc23)cc1. The Bertz CT molecular complexity index is 3500. The van der Waals surface area contributed by atoms with E-state index in [1.54, 1.807) is 0 Å². The minimum absolute atomic E-state index is 0.806. The van der Waals surface area contributed by atoms with Gasteiger partial charge in [-0.25, -0.2) is 0 Å². The minimum atomic E-state index is 0.806. The van der Waals surface area contributed by atoms with Gasteiger partial charge in [-0.15, -0.1) is 0 Å². The second-order valence-corrected chi connectivity index (χ2v) is 14.4. The van der Waals surface area contributed by atoms with Crippen molar-refractivity contribution in [3.05, 3.63) is 188 Å². The molecule has 0 fully saturated rings. The molecule has 262 valence electrons. The van der Waals surface area contributed by atoms with Gasteiger partial charge in [-0.05, 0) is 76.5 Å². The lowest BCUT2D eigenvalue weighted by atomic mass is 9.95. The van der Waals surface area contributed by atoms with Gasteiger partial charge in [0, 0.05) is 49.1 Å². The van der Waals surface area contributed by atoms with Gasteiger partial charge in [0.15, 0.2) is 5.58 Å². The Hall–Kier alpha value is -7.56. The molecule has 0 aliphatic rings. The van der Waals surface area contributed by atoms with Gasteiger partial charge in [0.1, 0.15) is 27.9 Å². The van der Waals surface area contributed by atoms with Crippen LogP contribution in [0.15, 0.2) is 201 Å². The number of fused-ring (bicyclic) bond motifs is 10. The first-order valence-electron chi connectivity index (χ1n) is 18.9. The number of rotatable bonds is 5. The van der Waals surface area contributed by atoms with Crippen LogP contribution in [-0.2, 0) is 0 Å². The summed E-state index contributed by atoms with van der Waals surface area (Å²) in [6.45, 7) is 0. The van der Waals surface area contributed by atoms with Crippen LogP contribution in [0.4, 0.5) is 17.1 Å². The maximum Gasteiger partial charge on any atom is 0.159 e. The maximum atomic E-state index is 6.95. The Labute approximate surface area is 321 Å². The van der Waals surface area contributed by atoms with E-state index in [1.807, 2.05) is 24.3 Å². The number of hydrogen-bond acceptors (Lipinski definition) is 4. The summed E-state index contributed by atoms with van der Waals surface area (Å²) in [6.07, 6.45) is 0. The molecule has 0 N–H and O–H groups in total. The van der Waals surface area contributed by atoms with Crippen LogP contribution in [0.5, 0.6) is 0 Å². The monoisotopic (exact) mass is 717 g/mol. The van der Waals surface area contributed by atoms with Crippen molar-refractivity contribution in [2.45, 2.75) is 0 Å². The van der Waals surface area contributed by atoms with Crippen LogP contribution in [0, 0.1) is 0 Å². The zero-order valence-corrected chi connectivity index (χ0v) is 30.1. The highest BCUT2D eigenvalue weighted by atomic mass is 16.3. The molecule has 3 heterocycles. The number of nitrogens with zero attached hydrogens (tertiary/aromatic N) is 1. The molecule has 0 bridgehead atoms. The molecule has 0 saturated carbocycles. The number of hydrogen-bond donors (Lipinski definition) is 0. The standard InChI is InChI=1S/C52H31NO3/c1-2-14-33(15-3-1)37-17-6-9-21-43(37)53(44-22-12-20-39-38-18-7-10-23-45(38)55-51(39)44)36-27-28-47-41(30-36)42-31-48-50(40-19-8-11-24-46(40)54-48)49(52(42)56-47)35-26-25-32-13-4-5-16-34(32)29-35/h1-31H. The van der Waals surface area contributed by atoms with Crippen LogP contribution < -0.4 is 4.90 Å². The largest absolute Gasteiger partial charge is 0.456 e. The molecular weight excluding hydrogens is 687 g/mol. The minimum Gasteiger partial charge on any atom is -0.456 e. The molecule has 3 aromatic heterocycles. The van der Waals surface area contributed by atoms with E-state index in [4.69, 9.17) is 13.3 Å². The fourth-order valence-electron chi connectivity index (χ4n) is 8.71. The van der Waals surface area contributed by atoms with Crippen LogP contribution in [0.25, 0.3) is 98.8 Å². The second-order valence-electron chi connectivity index (χ2n) is 14.4. The van der Waals surface area contributed by atoms with Gasteiger partial charge in [-0.1, -0.05) is 133 Å². The zero-order chi connectivity index (χ0) is 36.7. The van der Waals surface area contributed by atoms with Gasteiger partial charge in [-0.3, -0.25) is 0 Å². The third-order valence-electron chi connectivity index (χ3n) is 11.2. The Morgan fingerprint density at radius 2 is 1.02 bits per heavy atom. The van der Waals surface area contributed by atoms with Crippen molar-refractivity contribution >= 4 is 93.7 Å². The van der Waals surface area contributed by atoms with E-state index >= 15 is 0 Å². The molecule has 56 heavy (non-hydrogen) atoms. The van der Waals surface area contributed by atoms with Gasteiger partial charge in [0.25, 0.3) is 0 Å². The summed E-state index contributed by atoms with van der Waals surface area (Å²) in [5.41, 5.74) is 12.3. The van der Waals surface area contributed by atoms with Crippen LogP contribution in [0.2, 0.25) is 0 Å². The molecule has 0 aliphatic heterocycles. The topological polar surface area (TPSA) is 42.7 Å². The molecule has 4 heteroatoms. The van der Waals surface area contributed by atoms with Gasteiger partial charge in [-0.2, -0.15) is 0 Å². The van der Waals surface area contributed by atoms with Crippen LogP contribution >= 0.6 is 0 Å². The highest BCUT2D eigenvalue weighted by Gasteiger charge is 2.25. The molecule has 0 radical (unpaired) electrons. The lowest BCUT2D eigenvalue weighted by molar-refractivity contribution is 0.664. The maximum absolute atomic E-state index is 6.95. The average molecular weight is 718 g/mol. The summed E-state index contributed by atoms with van der Waals surface area (Å²) in [7, 11) is 0. The molecule has 0 spiro atoms. The summed E-state index contributed by atoms with van der Waals surface area (Å²) < 4.78 is 20.3. The number of para-hydroxylation sites is 4. The lowest BCUT2D eigenvalue weighted by Crippen LogP contribution is -2.11. The molecule has 0 aliphatic carbocycles. The van der Waals surface area contributed by atoms with Crippen LogP contribution in [0.3, 0.4) is 0 Å². The van der Waals surface area contributed by atoms with E-state index in [2.05, 4.69) is 169 Å². The average Bonchev–Trinajstić information content (AvgIpc) is 3.95. The normalized spacial score (nSPS) is 11.9. The summed E-state index contributed by atoms with van der Waals surface area (Å²) >= 11 is 0. The van der Waals surface area contributed by atoms with Gasteiger partial charge >= 0.3 is 0 Å². The number of furan rings is 3. The molecule has 9 aromatic carbocycles. The van der Waals surface area contributed by atoms with E-state index in [1.165, 1.54) is 10.8 Å². The van der Waals surface area contributed by atoms with Gasteiger partial charge in [0.2, 0.25) is 0 Å². The first-order chi connectivity index (χ1) is 27.8. The van der Waals surface area contributed by atoms with E-state index in [0.717, 1.165) is 105 Å². The van der Waals surface area contributed by atoms with Crippen LogP contribution in [-0.4, -0.2) is 0 Å². The molecule has 0 atom stereocenters. The molecule has 12 rings (SSSR count). The summed E-state index contributed by atoms with van der Waals surface area (Å²) in [5, 5.41) is 8.65. The molecule has 4 nitrogen and oxygen atoms in total. The molecule has 12 aromatic rings. The van der Waals surface area contributed by atoms with Crippen LogP contribution in [0.1, 0.15) is 0 Å². The van der Waals surface area contributed by atoms with E-state index < -0.39 is 0 Å². The Morgan fingerprint density at radius 3 is 1.91 bits per heavy atom. The highest BCUT2D eigenvalue weighted by Crippen LogP contribution is 2.49. The number of benzene rings is 9. The van der Waals surface area contributed by atoms with Crippen molar-refractivity contribution in [2.24, 2.45) is 0 Å². The highest BCUT2D eigenvalue weighted by molar-refractivity contribution is 6.24. The van der Waals surface area contributed by atoms with E-state index in [0.29, 0.717) is 0 Å². The summed E-state index contributed by atoms with van der Waals surface area (Å²) in [5.74, 6) is 0. The fourth-order valence-corrected chi connectivity index (χ4v) is 8.71. The summed E-state index contributed by atoms with van der Waals surface area (Å²) in [4.78, 5) is 2.33. The van der Waals surface area contributed by atoms with Gasteiger partial charge < -0.3 is 18.2 Å². The molecule has 0 amide bonds. The van der Waals surface area contributed by atoms with Crippen molar-refractivity contribution in [1.82, 2.24) is 0 Å². The fraction of sp³-hybridized carbons (Fsp3) is 0. The lowest BCUT2D eigenvalue weighted by Gasteiger charge is -2.28. The Balaban J connectivity index is 1.16. The zero-order valence-electron chi connectivity index (χ0n) is 30.1. The third kappa shape index (κ3) is 4.60. The Kier molecular flexibility index (Phi) is 6.60. The third-order valence-corrected chi connectivity index (χ3v) is 11.2. The van der Waals surface area contributed by atoms with Crippen molar-refractivity contribution < 1.29 is 13.3 Å². The Morgan fingerprint density at radius 1 is 0.339 bits per heavy atom. The van der Waals surface area contributed by atoms with E-state index in [-0.39, 0.29) is 0 Å². The quantitative estimate of drug-likeness (QED) is 0.178. The van der Waals surface area contributed by atoms with Crippen molar-refractivity contribution in [3.63, 3.8) is 0 Å². The van der Waals surface area contributed by atoms with Gasteiger partial charge in [0.05, 0.1) is 11.4 Å². The first kappa shape index (κ1) is 30.9. The molecular formula is C52H31NO3. The molecule has 0 unspecified atom stereocenters. The first-order valence-corrected chi connectivity index (χ1v) is 18.9. The van der Waals surface area contributed by atoms with Crippen molar-refractivity contribution in [2.75, 3.05) is 4.90 Å². The number of anilines is 3. The predicted octanol–water partition coefficient (Wildman–Crippen LogP) is 15.3.